The van der Waals surface area contributed by atoms with E-state index in [-0.39, 0.29) is 0 Å². The minimum absolute atomic E-state index is 0.718. The molecule has 0 aliphatic heterocycles. The van der Waals surface area contributed by atoms with Crippen molar-refractivity contribution < 1.29 is 0 Å². The smallest absolute Gasteiger partial charge is 0.122 e. The Morgan fingerprint density at radius 2 is 1.71 bits per heavy atom. The van der Waals surface area contributed by atoms with Crippen LogP contribution in [0.4, 0.5) is 0 Å². The van der Waals surface area contributed by atoms with Crippen LogP contribution in [0.1, 0.15) is 22.3 Å². The highest BCUT2D eigenvalue weighted by Gasteiger charge is 2.08. The van der Waals surface area contributed by atoms with Gasteiger partial charge < -0.3 is 0 Å². The Morgan fingerprint density at radius 1 is 1.00 bits per heavy atom. The molecule has 1 aromatic heterocycles. The summed E-state index contributed by atoms with van der Waals surface area (Å²) in [6, 6.07) is 6.40. The van der Waals surface area contributed by atoms with Crippen LogP contribution in [0.15, 0.2) is 18.2 Å². The maximum Gasteiger partial charge on any atom is 0.122 e. The molecule has 2 aromatic rings. The third kappa shape index (κ3) is 2.15. The molecule has 0 atom stereocenters. The maximum absolute atomic E-state index is 5.18. The molecule has 1 heterocycles. The SMILES string of the molecule is Cc1ccc(-c2n[nH]c(=S)c(C)c2C)cc1C. The van der Waals surface area contributed by atoms with Crippen molar-refractivity contribution >= 4 is 12.2 Å². The Balaban J connectivity index is 2.65. The lowest BCUT2D eigenvalue weighted by molar-refractivity contribution is 0.986. The van der Waals surface area contributed by atoms with Crippen LogP contribution in [0.25, 0.3) is 11.3 Å². The predicted molar refractivity (Wildman–Crippen MR) is 73.8 cm³/mol. The first-order valence-electron chi connectivity index (χ1n) is 5.64. The number of hydrogen-bond donors (Lipinski definition) is 1. The number of aromatic nitrogens is 2. The maximum atomic E-state index is 5.18. The summed E-state index contributed by atoms with van der Waals surface area (Å²) in [5, 5.41) is 7.26. The quantitative estimate of drug-likeness (QED) is 0.767. The summed E-state index contributed by atoms with van der Waals surface area (Å²) in [5.74, 6) is 0. The Kier molecular flexibility index (Phi) is 3.11. The molecule has 0 aliphatic rings. The fourth-order valence-corrected chi connectivity index (χ4v) is 1.99. The van der Waals surface area contributed by atoms with Crippen molar-refractivity contribution in [3.63, 3.8) is 0 Å². The second kappa shape index (κ2) is 4.41. The second-order valence-corrected chi connectivity index (χ2v) is 4.86. The van der Waals surface area contributed by atoms with Gasteiger partial charge in [-0.05, 0) is 56.0 Å². The van der Waals surface area contributed by atoms with Crippen molar-refractivity contribution in [3.05, 3.63) is 45.1 Å². The van der Waals surface area contributed by atoms with Gasteiger partial charge in [-0.1, -0.05) is 24.4 Å². The Labute approximate surface area is 107 Å². The van der Waals surface area contributed by atoms with Crippen molar-refractivity contribution in [2.75, 3.05) is 0 Å². The van der Waals surface area contributed by atoms with Crippen molar-refractivity contribution in [3.8, 4) is 11.3 Å². The van der Waals surface area contributed by atoms with Gasteiger partial charge in [-0.3, -0.25) is 5.10 Å². The zero-order chi connectivity index (χ0) is 12.6. The molecule has 1 N–H and O–H groups in total. The van der Waals surface area contributed by atoms with Gasteiger partial charge in [0, 0.05) is 5.56 Å². The molecule has 1 aromatic carbocycles. The second-order valence-electron chi connectivity index (χ2n) is 4.45. The average molecular weight is 244 g/mol. The lowest BCUT2D eigenvalue weighted by atomic mass is 10.0. The van der Waals surface area contributed by atoms with Gasteiger partial charge >= 0.3 is 0 Å². The number of benzene rings is 1. The molecule has 2 nitrogen and oxygen atoms in total. The molecule has 0 spiro atoms. The van der Waals surface area contributed by atoms with Gasteiger partial charge in [-0.2, -0.15) is 5.10 Å². The molecule has 0 fully saturated rings. The van der Waals surface area contributed by atoms with E-state index in [9.17, 15) is 0 Å². The van der Waals surface area contributed by atoms with Gasteiger partial charge in [0.25, 0.3) is 0 Å². The summed E-state index contributed by atoms with van der Waals surface area (Å²) in [7, 11) is 0. The van der Waals surface area contributed by atoms with Crippen molar-refractivity contribution in [1.29, 1.82) is 0 Å². The van der Waals surface area contributed by atoms with Crippen LogP contribution >= 0.6 is 12.2 Å². The number of nitrogens with zero attached hydrogens (tertiary/aromatic N) is 1. The molecule has 17 heavy (non-hydrogen) atoms. The lowest BCUT2D eigenvalue weighted by Gasteiger charge is -2.09. The Morgan fingerprint density at radius 3 is 2.35 bits per heavy atom. The van der Waals surface area contributed by atoms with E-state index in [2.05, 4.69) is 49.2 Å². The topological polar surface area (TPSA) is 28.7 Å². The van der Waals surface area contributed by atoms with Crippen LogP contribution < -0.4 is 0 Å². The molecule has 3 heteroatoms. The van der Waals surface area contributed by atoms with E-state index in [1.807, 2.05) is 6.92 Å². The number of H-pyrrole nitrogens is 1. The van der Waals surface area contributed by atoms with Crippen molar-refractivity contribution in [1.82, 2.24) is 10.2 Å². The van der Waals surface area contributed by atoms with E-state index in [0.717, 1.165) is 27.0 Å². The lowest BCUT2D eigenvalue weighted by Crippen LogP contribution is -1.97. The fourth-order valence-electron chi connectivity index (χ4n) is 1.79. The zero-order valence-corrected chi connectivity index (χ0v) is 11.4. The predicted octanol–water partition coefficient (Wildman–Crippen LogP) is 4.04. The molecule has 0 radical (unpaired) electrons. The van der Waals surface area contributed by atoms with Gasteiger partial charge in [-0.25, -0.2) is 0 Å². The van der Waals surface area contributed by atoms with Gasteiger partial charge in [0.1, 0.15) is 4.64 Å². The van der Waals surface area contributed by atoms with E-state index >= 15 is 0 Å². The standard InChI is InChI=1S/C14H16N2S/c1-8-5-6-12(7-9(8)2)13-10(3)11(4)14(17)16-15-13/h5-7H,1-4H3,(H,16,17). The average Bonchev–Trinajstić information content (AvgIpc) is 2.30. The number of rotatable bonds is 1. The number of aromatic amines is 1. The van der Waals surface area contributed by atoms with E-state index in [4.69, 9.17) is 12.2 Å². The van der Waals surface area contributed by atoms with E-state index in [0.29, 0.717) is 0 Å². The first-order chi connectivity index (χ1) is 8.00. The van der Waals surface area contributed by atoms with Gasteiger partial charge in [0.05, 0.1) is 5.69 Å². The van der Waals surface area contributed by atoms with Gasteiger partial charge in [0.15, 0.2) is 0 Å². The van der Waals surface area contributed by atoms with Crippen LogP contribution in [0.5, 0.6) is 0 Å². The summed E-state index contributed by atoms with van der Waals surface area (Å²) in [6.45, 7) is 8.33. The summed E-state index contributed by atoms with van der Waals surface area (Å²) in [4.78, 5) is 0. The molecule has 0 unspecified atom stereocenters. The Hall–Kier alpha value is -1.48. The van der Waals surface area contributed by atoms with Crippen LogP contribution in [0, 0.1) is 32.3 Å². The van der Waals surface area contributed by atoms with E-state index in [1.165, 1.54) is 11.1 Å². The minimum Gasteiger partial charge on any atom is -0.267 e. The molecule has 0 saturated heterocycles. The summed E-state index contributed by atoms with van der Waals surface area (Å²) < 4.78 is 0.718. The van der Waals surface area contributed by atoms with Crippen molar-refractivity contribution in [2.24, 2.45) is 0 Å². The normalized spacial score (nSPS) is 10.6. The van der Waals surface area contributed by atoms with Crippen molar-refractivity contribution in [2.45, 2.75) is 27.7 Å². The highest BCUT2D eigenvalue weighted by Crippen LogP contribution is 2.24. The Bertz CT molecular complexity index is 627. The van der Waals surface area contributed by atoms with E-state index in [1.54, 1.807) is 0 Å². The van der Waals surface area contributed by atoms with Gasteiger partial charge in [0.2, 0.25) is 0 Å². The largest absolute Gasteiger partial charge is 0.267 e. The van der Waals surface area contributed by atoms with Crippen LogP contribution in [0.2, 0.25) is 0 Å². The molecule has 0 aliphatic carbocycles. The van der Waals surface area contributed by atoms with Crippen LogP contribution in [-0.4, -0.2) is 10.2 Å². The molecule has 0 bridgehead atoms. The monoisotopic (exact) mass is 244 g/mol. The number of nitrogens with one attached hydrogen (secondary N) is 1. The third-order valence-corrected chi connectivity index (χ3v) is 3.71. The minimum atomic E-state index is 0.718. The number of aryl methyl sites for hydroxylation is 2. The molecule has 2 rings (SSSR count). The van der Waals surface area contributed by atoms with Crippen LogP contribution in [-0.2, 0) is 0 Å². The molecular weight excluding hydrogens is 228 g/mol. The number of hydrogen-bond acceptors (Lipinski definition) is 2. The summed E-state index contributed by atoms with van der Waals surface area (Å²) in [6.07, 6.45) is 0. The molecule has 0 amide bonds. The molecule has 0 saturated carbocycles. The molecule has 88 valence electrons. The highest BCUT2D eigenvalue weighted by atomic mass is 32.1. The first kappa shape index (κ1) is 12.0. The van der Waals surface area contributed by atoms with Crippen LogP contribution in [0.3, 0.4) is 0 Å². The van der Waals surface area contributed by atoms with E-state index < -0.39 is 0 Å². The molecular formula is C14H16N2S. The fraction of sp³-hybridized carbons (Fsp3) is 0.286. The van der Waals surface area contributed by atoms with Gasteiger partial charge in [-0.15, -0.1) is 0 Å². The first-order valence-corrected chi connectivity index (χ1v) is 6.05. The third-order valence-electron chi connectivity index (χ3n) is 3.31. The zero-order valence-electron chi connectivity index (χ0n) is 10.6. The highest BCUT2D eigenvalue weighted by molar-refractivity contribution is 7.71. The summed E-state index contributed by atoms with van der Waals surface area (Å²) >= 11 is 5.18. The summed E-state index contributed by atoms with van der Waals surface area (Å²) in [5.41, 5.74) is 6.95.